The number of nitrogens with two attached hydrogens (primary N) is 1. The Morgan fingerprint density at radius 2 is 1.90 bits per heavy atom. The van der Waals surface area contributed by atoms with Gasteiger partial charge in [0, 0.05) is 37.1 Å². The molecule has 0 aliphatic carbocycles. The lowest BCUT2D eigenvalue weighted by Crippen LogP contribution is -2.27. The molecule has 150 valence electrons. The number of carbonyl (C=O) groups is 1. The highest BCUT2D eigenvalue weighted by Gasteiger charge is 2.24. The summed E-state index contributed by atoms with van der Waals surface area (Å²) in [6.07, 6.45) is 4.14. The number of nitrogens with zero attached hydrogens (tertiary/aromatic N) is 4. The number of hydrogen-bond acceptors (Lipinski definition) is 7. The SMILES string of the molecule is NC1CCN(c2nccnc2Oc2ccc(C(=O)c3nc4ccccc4[nH]3)cc2)C1. The molecule has 0 radical (unpaired) electrons. The number of aromatic amines is 1. The third-order valence-corrected chi connectivity index (χ3v) is 5.11. The number of rotatable bonds is 5. The minimum atomic E-state index is -0.177. The molecule has 0 saturated carbocycles. The van der Waals surface area contributed by atoms with Gasteiger partial charge in [-0.25, -0.2) is 15.0 Å². The minimum absolute atomic E-state index is 0.128. The van der Waals surface area contributed by atoms with Gasteiger partial charge in [0.2, 0.25) is 5.78 Å². The molecule has 2 aromatic heterocycles. The van der Waals surface area contributed by atoms with Crippen molar-refractivity contribution in [1.82, 2.24) is 19.9 Å². The Bertz CT molecular complexity index is 1170. The average Bonchev–Trinajstić information content (AvgIpc) is 3.40. The second kappa shape index (κ2) is 7.57. The Hall–Kier alpha value is -3.78. The molecule has 3 N–H and O–H groups in total. The van der Waals surface area contributed by atoms with E-state index in [0.29, 0.717) is 28.8 Å². The van der Waals surface area contributed by atoms with Crippen molar-refractivity contribution in [3.05, 3.63) is 72.3 Å². The first-order chi connectivity index (χ1) is 14.7. The second-order valence-corrected chi connectivity index (χ2v) is 7.24. The van der Waals surface area contributed by atoms with Gasteiger partial charge < -0.3 is 20.4 Å². The maximum absolute atomic E-state index is 12.8. The molecular weight excluding hydrogens is 380 g/mol. The molecule has 0 amide bonds. The van der Waals surface area contributed by atoms with Crippen molar-refractivity contribution in [3.8, 4) is 11.6 Å². The van der Waals surface area contributed by atoms with Gasteiger partial charge in [0.25, 0.3) is 5.88 Å². The minimum Gasteiger partial charge on any atom is -0.436 e. The molecule has 1 aliphatic rings. The van der Waals surface area contributed by atoms with E-state index in [-0.39, 0.29) is 11.8 Å². The summed E-state index contributed by atoms with van der Waals surface area (Å²) in [7, 11) is 0. The number of benzene rings is 2. The highest BCUT2D eigenvalue weighted by molar-refractivity contribution is 6.08. The summed E-state index contributed by atoms with van der Waals surface area (Å²) in [6, 6.07) is 14.6. The number of nitrogens with one attached hydrogen (secondary N) is 1. The first-order valence-corrected chi connectivity index (χ1v) is 9.76. The molecule has 0 bridgehead atoms. The molecule has 1 unspecified atom stereocenters. The number of ketones is 1. The number of anilines is 1. The maximum Gasteiger partial charge on any atom is 0.263 e. The van der Waals surface area contributed by atoms with E-state index < -0.39 is 0 Å². The van der Waals surface area contributed by atoms with Gasteiger partial charge >= 0.3 is 0 Å². The van der Waals surface area contributed by atoms with Crippen molar-refractivity contribution in [2.45, 2.75) is 12.5 Å². The van der Waals surface area contributed by atoms with E-state index in [4.69, 9.17) is 10.5 Å². The fourth-order valence-corrected chi connectivity index (χ4v) is 3.57. The van der Waals surface area contributed by atoms with E-state index in [1.807, 2.05) is 24.3 Å². The van der Waals surface area contributed by atoms with E-state index in [1.54, 1.807) is 36.7 Å². The van der Waals surface area contributed by atoms with Gasteiger partial charge in [-0.05, 0) is 42.8 Å². The third kappa shape index (κ3) is 3.48. The summed E-state index contributed by atoms with van der Waals surface area (Å²) >= 11 is 0. The molecule has 2 aromatic carbocycles. The van der Waals surface area contributed by atoms with E-state index >= 15 is 0 Å². The van der Waals surface area contributed by atoms with E-state index in [9.17, 15) is 4.79 Å². The van der Waals surface area contributed by atoms with Crippen molar-refractivity contribution in [2.24, 2.45) is 5.73 Å². The summed E-state index contributed by atoms with van der Waals surface area (Å²) in [4.78, 5) is 31.0. The Kier molecular flexibility index (Phi) is 4.61. The predicted octanol–water partition coefficient (Wildman–Crippen LogP) is 2.91. The molecule has 30 heavy (non-hydrogen) atoms. The van der Waals surface area contributed by atoms with Crippen LogP contribution in [-0.4, -0.2) is 44.9 Å². The molecule has 1 fully saturated rings. The van der Waals surface area contributed by atoms with Gasteiger partial charge in [-0.2, -0.15) is 0 Å². The van der Waals surface area contributed by atoms with Gasteiger partial charge in [0.1, 0.15) is 5.75 Å². The van der Waals surface area contributed by atoms with Crippen LogP contribution in [0.1, 0.15) is 22.6 Å². The molecular formula is C22H20N6O2. The van der Waals surface area contributed by atoms with E-state index in [0.717, 1.165) is 30.5 Å². The van der Waals surface area contributed by atoms with E-state index in [1.165, 1.54) is 0 Å². The Labute approximate surface area is 172 Å². The van der Waals surface area contributed by atoms with Crippen LogP contribution in [0.4, 0.5) is 5.82 Å². The molecule has 8 nitrogen and oxygen atoms in total. The Morgan fingerprint density at radius 1 is 1.10 bits per heavy atom. The van der Waals surface area contributed by atoms with Gasteiger partial charge in [0.05, 0.1) is 11.0 Å². The van der Waals surface area contributed by atoms with Crippen molar-refractivity contribution >= 4 is 22.6 Å². The number of aromatic nitrogens is 4. The van der Waals surface area contributed by atoms with E-state index in [2.05, 4.69) is 24.8 Å². The van der Waals surface area contributed by atoms with Crippen molar-refractivity contribution in [1.29, 1.82) is 0 Å². The number of carbonyl (C=O) groups excluding carboxylic acids is 1. The standard InChI is InChI=1S/C22H20N6O2/c23-15-9-12-28(13-15)21-22(25-11-10-24-21)30-16-7-5-14(6-8-16)19(29)20-26-17-3-1-2-4-18(17)27-20/h1-8,10-11,15H,9,12-13,23H2,(H,26,27). The van der Waals surface area contributed by atoms with Crippen LogP contribution in [-0.2, 0) is 0 Å². The van der Waals surface area contributed by atoms with Crippen molar-refractivity contribution in [2.75, 3.05) is 18.0 Å². The first kappa shape index (κ1) is 18.3. The predicted molar refractivity (Wildman–Crippen MR) is 113 cm³/mol. The van der Waals surface area contributed by atoms with Crippen LogP contribution >= 0.6 is 0 Å². The second-order valence-electron chi connectivity index (χ2n) is 7.24. The summed E-state index contributed by atoms with van der Waals surface area (Å²) in [5.41, 5.74) is 8.12. The maximum atomic E-state index is 12.8. The van der Waals surface area contributed by atoms with Crippen LogP contribution in [0.5, 0.6) is 11.6 Å². The van der Waals surface area contributed by atoms with Crippen LogP contribution in [0.2, 0.25) is 0 Å². The smallest absolute Gasteiger partial charge is 0.263 e. The molecule has 1 aliphatic heterocycles. The fourth-order valence-electron chi connectivity index (χ4n) is 3.57. The normalized spacial score (nSPS) is 16.2. The summed E-state index contributed by atoms with van der Waals surface area (Å²) in [5.74, 6) is 1.80. The molecule has 1 atom stereocenters. The Morgan fingerprint density at radius 3 is 2.67 bits per heavy atom. The fraction of sp³-hybridized carbons (Fsp3) is 0.182. The summed E-state index contributed by atoms with van der Waals surface area (Å²) in [5, 5.41) is 0. The van der Waals surface area contributed by atoms with Crippen LogP contribution in [0, 0.1) is 0 Å². The number of para-hydroxylation sites is 2. The van der Waals surface area contributed by atoms with Crippen molar-refractivity contribution < 1.29 is 9.53 Å². The number of ether oxygens (including phenoxy) is 1. The van der Waals surface area contributed by atoms with Gasteiger partial charge in [0.15, 0.2) is 11.6 Å². The average molecular weight is 400 g/mol. The zero-order valence-electron chi connectivity index (χ0n) is 16.2. The lowest BCUT2D eigenvalue weighted by atomic mass is 10.1. The largest absolute Gasteiger partial charge is 0.436 e. The monoisotopic (exact) mass is 400 g/mol. The molecule has 4 aromatic rings. The molecule has 0 spiro atoms. The Balaban J connectivity index is 1.35. The van der Waals surface area contributed by atoms with Crippen LogP contribution in [0.25, 0.3) is 11.0 Å². The number of imidazole rings is 1. The molecule has 8 heteroatoms. The van der Waals surface area contributed by atoms with Gasteiger partial charge in [-0.1, -0.05) is 12.1 Å². The van der Waals surface area contributed by atoms with Gasteiger partial charge in [-0.15, -0.1) is 0 Å². The topological polar surface area (TPSA) is 110 Å². The summed E-state index contributed by atoms with van der Waals surface area (Å²) < 4.78 is 5.95. The van der Waals surface area contributed by atoms with Crippen molar-refractivity contribution in [3.63, 3.8) is 0 Å². The summed E-state index contributed by atoms with van der Waals surface area (Å²) in [6.45, 7) is 1.54. The quantitative estimate of drug-likeness (QED) is 0.496. The van der Waals surface area contributed by atoms with Crippen LogP contribution < -0.4 is 15.4 Å². The van der Waals surface area contributed by atoms with Crippen LogP contribution in [0.15, 0.2) is 60.9 Å². The highest BCUT2D eigenvalue weighted by atomic mass is 16.5. The molecule has 3 heterocycles. The first-order valence-electron chi connectivity index (χ1n) is 9.76. The lowest BCUT2D eigenvalue weighted by molar-refractivity contribution is 0.103. The number of H-pyrrole nitrogens is 1. The highest BCUT2D eigenvalue weighted by Crippen LogP contribution is 2.30. The number of hydrogen-bond donors (Lipinski definition) is 2. The zero-order valence-corrected chi connectivity index (χ0v) is 16.2. The third-order valence-electron chi connectivity index (χ3n) is 5.11. The number of fused-ring (bicyclic) bond motifs is 1. The lowest BCUT2D eigenvalue weighted by Gasteiger charge is -2.19. The molecule has 5 rings (SSSR count). The zero-order chi connectivity index (χ0) is 20.5. The molecule has 1 saturated heterocycles. The van der Waals surface area contributed by atoms with Gasteiger partial charge in [-0.3, -0.25) is 4.79 Å². The van der Waals surface area contributed by atoms with Crippen LogP contribution in [0.3, 0.4) is 0 Å².